The Kier molecular flexibility index (Phi) is 2.88. The van der Waals surface area contributed by atoms with Crippen LogP contribution >= 0.6 is 0 Å². The van der Waals surface area contributed by atoms with E-state index in [1.807, 2.05) is 13.0 Å². The Bertz CT molecular complexity index is 1190. The zero-order chi connectivity index (χ0) is 18.2. The molecule has 2 aliphatic rings. The Hall–Kier alpha value is -3.15. The van der Waals surface area contributed by atoms with Gasteiger partial charge in [-0.1, -0.05) is 0 Å². The van der Waals surface area contributed by atoms with Crippen LogP contribution in [0.4, 0.5) is 0 Å². The van der Waals surface area contributed by atoms with Gasteiger partial charge in [-0.3, -0.25) is 9.59 Å². The predicted molar refractivity (Wildman–Crippen MR) is 95.2 cm³/mol. The lowest BCUT2D eigenvalue weighted by Gasteiger charge is -2.22. The van der Waals surface area contributed by atoms with Crippen LogP contribution in [0.2, 0.25) is 0 Å². The molecule has 2 aromatic heterocycles. The molecule has 0 saturated heterocycles. The average Bonchev–Trinajstić information content (AvgIpc) is 2.99. The molecule has 0 spiro atoms. The van der Waals surface area contributed by atoms with Gasteiger partial charge in [0.1, 0.15) is 12.4 Å². The van der Waals surface area contributed by atoms with Crippen molar-refractivity contribution >= 4 is 16.9 Å². The van der Waals surface area contributed by atoms with Crippen molar-refractivity contribution in [2.75, 3.05) is 0 Å². The summed E-state index contributed by atoms with van der Waals surface area (Å²) in [5, 5.41) is 10.7. The molecule has 0 saturated carbocycles. The monoisotopic (exact) mass is 348 g/mol. The summed E-state index contributed by atoms with van der Waals surface area (Å²) in [4.78, 5) is 29.6. The van der Waals surface area contributed by atoms with E-state index in [-0.39, 0.29) is 23.9 Å². The van der Waals surface area contributed by atoms with E-state index in [0.717, 1.165) is 39.0 Å². The van der Waals surface area contributed by atoms with Gasteiger partial charge >= 0.3 is 5.97 Å². The van der Waals surface area contributed by atoms with Gasteiger partial charge in [0.25, 0.3) is 5.56 Å². The molecule has 1 aromatic carbocycles. The predicted octanol–water partition coefficient (Wildman–Crippen LogP) is 2.60. The number of hydrogen-bond acceptors (Lipinski definition) is 5. The summed E-state index contributed by atoms with van der Waals surface area (Å²) in [5.41, 5.74) is 5.41. The SMILES string of the molecule is Cc1c2c(nc3ccc(O)cc13)-c1cc3c(c(=O)n1C2)COC(=O)C3C. The number of aromatic hydroxyl groups is 1. The van der Waals surface area contributed by atoms with Crippen molar-refractivity contribution in [1.29, 1.82) is 0 Å². The van der Waals surface area contributed by atoms with Crippen LogP contribution in [0.25, 0.3) is 22.3 Å². The molecule has 4 heterocycles. The Labute approximate surface area is 148 Å². The first kappa shape index (κ1) is 15.1. The van der Waals surface area contributed by atoms with Gasteiger partial charge in [-0.15, -0.1) is 0 Å². The second kappa shape index (κ2) is 4.94. The van der Waals surface area contributed by atoms with Crippen LogP contribution in [0.1, 0.15) is 35.1 Å². The zero-order valence-electron chi connectivity index (χ0n) is 14.4. The first-order valence-corrected chi connectivity index (χ1v) is 8.51. The minimum absolute atomic E-state index is 0.0240. The Morgan fingerprint density at radius 2 is 2.04 bits per heavy atom. The van der Waals surface area contributed by atoms with Crippen LogP contribution in [0.3, 0.4) is 0 Å². The van der Waals surface area contributed by atoms with Crippen LogP contribution < -0.4 is 5.56 Å². The molecule has 0 radical (unpaired) electrons. The third kappa shape index (κ3) is 1.84. The molecule has 3 aromatic rings. The van der Waals surface area contributed by atoms with Gasteiger partial charge in [-0.2, -0.15) is 0 Å². The number of ether oxygens (including phenoxy) is 1. The quantitative estimate of drug-likeness (QED) is 0.494. The maximum absolute atomic E-state index is 13.0. The number of rotatable bonds is 0. The van der Waals surface area contributed by atoms with E-state index in [0.29, 0.717) is 12.1 Å². The maximum atomic E-state index is 13.0. The van der Waals surface area contributed by atoms with Gasteiger partial charge in [0.2, 0.25) is 0 Å². The maximum Gasteiger partial charge on any atom is 0.313 e. The van der Waals surface area contributed by atoms with Crippen LogP contribution in [0, 0.1) is 6.92 Å². The third-order valence-corrected chi connectivity index (χ3v) is 5.53. The average molecular weight is 348 g/mol. The number of esters is 1. The zero-order valence-corrected chi connectivity index (χ0v) is 14.4. The summed E-state index contributed by atoms with van der Waals surface area (Å²) < 4.78 is 6.84. The fourth-order valence-corrected chi connectivity index (χ4v) is 4.00. The second-order valence-electron chi connectivity index (χ2n) is 6.95. The number of aromatic nitrogens is 2. The van der Waals surface area contributed by atoms with Crippen molar-refractivity contribution in [3.63, 3.8) is 0 Å². The molecular weight excluding hydrogens is 332 g/mol. The summed E-state index contributed by atoms with van der Waals surface area (Å²) in [7, 11) is 0. The fourth-order valence-electron chi connectivity index (χ4n) is 4.00. The van der Waals surface area contributed by atoms with Gasteiger partial charge in [-0.25, -0.2) is 4.98 Å². The smallest absolute Gasteiger partial charge is 0.313 e. The molecule has 0 amide bonds. The van der Waals surface area contributed by atoms with E-state index >= 15 is 0 Å². The minimum atomic E-state index is -0.458. The lowest BCUT2D eigenvalue weighted by atomic mass is 9.94. The number of carbonyl (C=O) groups excluding carboxylic acids is 1. The summed E-state index contributed by atoms with van der Waals surface area (Å²) in [5.74, 6) is -0.576. The van der Waals surface area contributed by atoms with E-state index in [1.54, 1.807) is 29.7 Å². The number of carbonyl (C=O) groups is 1. The number of pyridine rings is 2. The molecule has 26 heavy (non-hydrogen) atoms. The Balaban J connectivity index is 1.82. The third-order valence-electron chi connectivity index (χ3n) is 5.53. The van der Waals surface area contributed by atoms with Crippen LogP contribution in [0.5, 0.6) is 5.75 Å². The molecule has 6 nitrogen and oxygen atoms in total. The van der Waals surface area contributed by atoms with E-state index in [1.165, 1.54) is 0 Å². The van der Waals surface area contributed by atoms with Crippen LogP contribution in [0.15, 0.2) is 29.1 Å². The van der Waals surface area contributed by atoms with Crippen molar-refractivity contribution in [1.82, 2.24) is 9.55 Å². The topological polar surface area (TPSA) is 81.4 Å². The highest BCUT2D eigenvalue weighted by Crippen LogP contribution is 2.38. The molecule has 6 heteroatoms. The molecule has 1 N–H and O–H groups in total. The summed E-state index contributed by atoms with van der Waals surface area (Å²) >= 11 is 0. The number of benzene rings is 1. The Morgan fingerprint density at radius 1 is 1.23 bits per heavy atom. The summed E-state index contributed by atoms with van der Waals surface area (Å²) in [6.45, 7) is 4.20. The first-order valence-electron chi connectivity index (χ1n) is 8.51. The van der Waals surface area contributed by atoms with Gasteiger partial charge in [-0.05, 0) is 49.2 Å². The number of nitrogens with zero attached hydrogens (tertiary/aromatic N) is 2. The standard InChI is InChI=1S/C20H16N2O4/c1-9-13-5-11(23)3-4-16(13)21-18-14(9)7-22-17(18)6-12-10(2)20(25)26-8-15(12)19(22)24/h3-6,10,23H,7-8H2,1-2H3. The number of phenolic OH excluding ortho intramolecular Hbond substituents is 1. The van der Waals surface area contributed by atoms with Crippen LogP contribution in [-0.2, 0) is 22.7 Å². The van der Waals surface area contributed by atoms with Gasteiger partial charge in [0.05, 0.1) is 34.9 Å². The number of phenols is 1. The van der Waals surface area contributed by atoms with Gasteiger partial charge < -0.3 is 14.4 Å². The van der Waals surface area contributed by atoms with Crippen molar-refractivity contribution in [3.8, 4) is 17.1 Å². The lowest BCUT2D eigenvalue weighted by molar-refractivity contribution is -0.147. The van der Waals surface area contributed by atoms with E-state index in [9.17, 15) is 14.7 Å². The second-order valence-corrected chi connectivity index (χ2v) is 6.95. The summed E-state index contributed by atoms with van der Waals surface area (Å²) in [6.07, 6.45) is 0. The van der Waals surface area contributed by atoms with Gasteiger partial charge in [0, 0.05) is 10.9 Å². The number of aryl methyl sites for hydroxylation is 1. The molecule has 0 bridgehead atoms. The Morgan fingerprint density at radius 3 is 2.85 bits per heavy atom. The summed E-state index contributed by atoms with van der Waals surface area (Å²) in [6, 6.07) is 6.99. The molecule has 2 aliphatic heterocycles. The minimum Gasteiger partial charge on any atom is -0.508 e. The van der Waals surface area contributed by atoms with Crippen LogP contribution in [-0.4, -0.2) is 20.6 Å². The van der Waals surface area contributed by atoms with Gasteiger partial charge in [0.15, 0.2) is 0 Å². The molecule has 0 aliphatic carbocycles. The normalized spacial score (nSPS) is 17.6. The van der Waals surface area contributed by atoms with Crippen molar-refractivity contribution < 1.29 is 14.6 Å². The van der Waals surface area contributed by atoms with Crippen molar-refractivity contribution in [3.05, 3.63) is 56.9 Å². The van der Waals surface area contributed by atoms with E-state index in [4.69, 9.17) is 9.72 Å². The molecule has 0 fully saturated rings. The van der Waals surface area contributed by atoms with E-state index < -0.39 is 5.92 Å². The highest BCUT2D eigenvalue weighted by molar-refractivity contribution is 5.89. The molecule has 1 atom stereocenters. The highest BCUT2D eigenvalue weighted by Gasteiger charge is 2.33. The van der Waals surface area contributed by atoms with Crippen molar-refractivity contribution in [2.24, 2.45) is 0 Å². The molecular formula is C20H16N2O4. The lowest BCUT2D eigenvalue weighted by Crippen LogP contribution is -2.31. The molecule has 1 unspecified atom stereocenters. The highest BCUT2D eigenvalue weighted by atomic mass is 16.5. The largest absolute Gasteiger partial charge is 0.508 e. The van der Waals surface area contributed by atoms with Crippen molar-refractivity contribution in [2.45, 2.75) is 32.9 Å². The number of hydrogen-bond donors (Lipinski definition) is 1. The number of cyclic esters (lactones) is 1. The molecule has 5 rings (SSSR count). The number of fused-ring (bicyclic) bond motifs is 5. The molecule has 130 valence electrons. The fraction of sp³-hybridized carbons (Fsp3) is 0.250. The first-order chi connectivity index (χ1) is 12.5. The van der Waals surface area contributed by atoms with E-state index in [2.05, 4.69) is 0 Å².